The molecule has 0 aliphatic carbocycles. The van der Waals surface area contributed by atoms with E-state index >= 15 is 0 Å². The number of piperazine rings is 1. The van der Waals surface area contributed by atoms with Crippen molar-refractivity contribution in [3.63, 3.8) is 0 Å². The van der Waals surface area contributed by atoms with Gasteiger partial charge in [-0.1, -0.05) is 12.6 Å². The Hall–Kier alpha value is -4.93. The Morgan fingerprint density at radius 3 is 2.86 bits per heavy atom. The van der Waals surface area contributed by atoms with Crippen LogP contribution in [-0.2, 0) is 9.59 Å². The minimum Gasteiger partial charge on any atom is -0.481 e. The van der Waals surface area contributed by atoms with Gasteiger partial charge < -0.3 is 29.5 Å². The van der Waals surface area contributed by atoms with Crippen LogP contribution >= 0.6 is 0 Å². The molecule has 1 fully saturated rings. The van der Waals surface area contributed by atoms with Crippen molar-refractivity contribution in [1.82, 2.24) is 30.0 Å². The smallest absolute Gasteiger partial charge is 0.282 e. The van der Waals surface area contributed by atoms with E-state index in [0.717, 1.165) is 22.0 Å². The first kappa shape index (κ1) is 28.6. The van der Waals surface area contributed by atoms with Crippen molar-refractivity contribution in [3.8, 4) is 17.7 Å². The van der Waals surface area contributed by atoms with Gasteiger partial charge in [-0.25, -0.2) is 4.39 Å². The zero-order valence-corrected chi connectivity index (χ0v) is 23.7. The van der Waals surface area contributed by atoms with Gasteiger partial charge in [0.25, 0.3) is 11.8 Å². The number of hydrogen-bond donors (Lipinski definition) is 2. The van der Waals surface area contributed by atoms with E-state index in [0.29, 0.717) is 18.1 Å². The van der Waals surface area contributed by atoms with Crippen LogP contribution in [0.25, 0.3) is 10.9 Å². The SMILES string of the molecule is C=C(F)C(=O)N1CCN(c2nc(NCCC(=O)N(C)C)nc3c2OCC(c2c(C)ccc4[nH]ncc24)O3)C[C@@H]1CC#N. The molecule has 2 N–H and O–H groups in total. The molecule has 42 heavy (non-hydrogen) atoms. The maximum atomic E-state index is 13.7. The second-order valence-corrected chi connectivity index (χ2v) is 10.4. The molecule has 2 amide bonds. The first-order chi connectivity index (χ1) is 20.2. The molecule has 3 aromatic rings. The van der Waals surface area contributed by atoms with Crippen LogP contribution in [0.5, 0.6) is 11.6 Å². The third kappa shape index (κ3) is 5.63. The van der Waals surface area contributed by atoms with Gasteiger partial charge in [0, 0.05) is 57.6 Å². The molecular weight excluding hydrogens is 545 g/mol. The molecule has 2 aromatic heterocycles. The number of H-pyrrole nitrogens is 1. The summed E-state index contributed by atoms with van der Waals surface area (Å²) in [5.41, 5.74) is 2.80. The topological polar surface area (TPSA) is 153 Å². The fourth-order valence-electron chi connectivity index (χ4n) is 5.22. The number of anilines is 2. The number of rotatable bonds is 8. The normalized spacial score (nSPS) is 18.0. The number of amides is 2. The maximum absolute atomic E-state index is 13.7. The number of carbonyl (C=O) groups is 2. The number of aromatic nitrogens is 4. The number of aromatic amines is 1. The predicted octanol–water partition coefficient (Wildman–Crippen LogP) is 2.48. The molecule has 0 radical (unpaired) electrons. The van der Waals surface area contributed by atoms with E-state index in [4.69, 9.17) is 9.47 Å². The van der Waals surface area contributed by atoms with Crippen LogP contribution in [-0.4, -0.2) is 94.7 Å². The first-order valence-electron chi connectivity index (χ1n) is 13.5. The number of nitrogens with one attached hydrogen (secondary N) is 2. The molecule has 220 valence electrons. The Morgan fingerprint density at radius 1 is 1.31 bits per heavy atom. The standard InChI is InChI=1S/C28H32FN9O4/c1-16-5-6-20-19(13-32-35-20)23(16)21-15-41-24-25(33-28(34-26(24)42-21)31-10-8-22(39)36(3)4)37-11-12-38(27(40)17(2)29)18(14-37)7-9-30/h5-6,13,18,21H,2,7-8,10-12,14-15H2,1,3-4H3,(H,32,35)(H,31,33,34)/t18-,21?/m0/s1. The van der Waals surface area contributed by atoms with E-state index in [1.165, 1.54) is 9.80 Å². The van der Waals surface area contributed by atoms with Gasteiger partial charge >= 0.3 is 0 Å². The number of nitrogens with zero attached hydrogens (tertiary/aromatic N) is 7. The molecule has 0 spiro atoms. The molecule has 0 bridgehead atoms. The Balaban J connectivity index is 1.48. The van der Waals surface area contributed by atoms with Crippen LogP contribution < -0.4 is 19.7 Å². The van der Waals surface area contributed by atoms with Crippen molar-refractivity contribution in [2.45, 2.75) is 31.9 Å². The molecule has 1 unspecified atom stereocenters. The molecule has 4 heterocycles. The number of ether oxygens (including phenoxy) is 2. The lowest BCUT2D eigenvalue weighted by molar-refractivity contribution is -0.131. The number of hydrogen-bond acceptors (Lipinski definition) is 10. The van der Waals surface area contributed by atoms with Crippen LogP contribution in [0.15, 0.2) is 30.7 Å². The van der Waals surface area contributed by atoms with Gasteiger partial charge in [0.1, 0.15) is 6.61 Å². The molecular formula is C28H32FN9O4. The number of benzene rings is 1. The van der Waals surface area contributed by atoms with E-state index in [9.17, 15) is 19.2 Å². The largest absolute Gasteiger partial charge is 0.481 e. The quantitative estimate of drug-likeness (QED) is 0.382. The molecule has 5 rings (SSSR count). The molecule has 1 aromatic carbocycles. The lowest BCUT2D eigenvalue weighted by Crippen LogP contribution is -2.55. The molecule has 13 nitrogen and oxygen atoms in total. The molecule has 2 atom stereocenters. The number of nitriles is 1. The van der Waals surface area contributed by atoms with Crippen LogP contribution in [0.1, 0.15) is 30.1 Å². The van der Waals surface area contributed by atoms with Crippen molar-refractivity contribution < 1.29 is 23.5 Å². The fraction of sp³-hybridized carbons (Fsp3) is 0.429. The van der Waals surface area contributed by atoms with Gasteiger partial charge in [0.2, 0.25) is 17.6 Å². The highest BCUT2D eigenvalue weighted by Gasteiger charge is 2.36. The van der Waals surface area contributed by atoms with Gasteiger partial charge in [0.15, 0.2) is 17.7 Å². The third-order valence-electron chi connectivity index (χ3n) is 7.38. The molecule has 2 aliphatic rings. The predicted molar refractivity (Wildman–Crippen MR) is 152 cm³/mol. The summed E-state index contributed by atoms with van der Waals surface area (Å²) >= 11 is 0. The van der Waals surface area contributed by atoms with E-state index in [1.807, 2.05) is 24.0 Å². The van der Waals surface area contributed by atoms with Gasteiger partial charge in [-0.15, -0.1) is 0 Å². The Labute approximate surface area is 241 Å². The van der Waals surface area contributed by atoms with E-state index in [1.54, 1.807) is 20.3 Å². The van der Waals surface area contributed by atoms with Crippen molar-refractivity contribution in [1.29, 1.82) is 5.26 Å². The molecule has 2 aliphatic heterocycles. The summed E-state index contributed by atoms with van der Waals surface area (Å²) in [6.07, 6.45) is 1.48. The minimum atomic E-state index is -1.07. The third-order valence-corrected chi connectivity index (χ3v) is 7.38. The second kappa shape index (κ2) is 11.9. The van der Waals surface area contributed by atoms with E-state index in [2.05, 4.69) is 38.1 Å². The highest BCUT2D eigenvalue weighted by Crippen LogP contribution is 2.44. The van der Waals surface area contributed by atoms with Crippen LogP contribution in [0, 0.1) is 18.3 Å². The highest BCUT2D eigenvalue weighted by molar-refractivity contribution is 5.91. The van der Waals surface area contributed by atoms with Crippen LogP contribution in [0.3, 0.4) is 0 Å². The Kier molecular flexibility index (Phi) is 8.10. The van der Waals surface area contributed by atoms with E-state index in [-0.39, 0.29) is 56.8 Å². The summed E-state index contributed by atoms with van der Waals surface area (Å²) in [4.78, 5) is 38.5. The lowest BCUT2D eigenvalue weighted by atomic mass is 9.99. The summed E-state index contributed by atoms with van der Waals surface area (Å²) in [7, 11) is 3.37. The van der Waals surface area contributed by atoms with Gasteiger partial charge in [0.05, 0.1) is 30.2 Å². The molecule has 14 heteroatoms. The van der Waals surface area contributed by atoms with Crippen LogP contribution in [0.2, 0.25) is 0 Å². The monoisotopic (exact) mass is 577 g/mol. The van der Waals surface area contributed by atoms with Crippen molar-refractivity contribution in [3.05, 3.63) is 41.9 Å². The van der Waals surface area contributed by atoms with Gasteiger partial charge in [-0.3, -0.25) is 14.7 Å². The summed E-state index contributed by atoms with van der Waals surface area (Å²) < 4.78 is 26.4. The lowest BCUT2D eigenvalue weighted by Gasteiger charge is -2.41. The van der Waals surface area contributed by atoms with Gasteiger partial charge in [-0.05, 0) is 18.6 Å². The Bertz CT molecular complexity index is 1570. The summed E-state index contributed by atoms with van der Waals surface area (Å²) in [6.45, 7) is 6.23. The summed E-state index contributed by atoms with van der Waals surface area (Å²) in [6, 6.07) is 5.42. The number of halogens is 1. The first-order valence-corrected chi connectivity index (χ1v) is 13.5. The number of fused-ring (bicyclic) bond motifs is 2. The van der Waals surface area contributed by atoms with Crippen molar-refractivity contribution in [2.75, 3.05) is 57.1 Å². The zero-order chi connectivity index (χ0) is 30.0. The minimum absolute atomic E-state index is 0.00599. The average Bonchev–Trinajstić information content (AvgIpc) is 3.45. The van der Waals surface area contributed by atoms with Crippen molar-refractivity contribution in [2.24, 2.45) is 0 Å². The summed E-state index contributed by atoms with van der Waals surface area (Å²) in [5.74, 6) is -0.793. The number of carbonyl (C=O) groups excluding carboxylic acids is 2. The average molecular weight is 578 g/mol. The van der Waals surface area contributed by atoms with Gasteiger partial charge in [-0.2, -0.15) is 20.3 Å². The van der Waals surface area contributed by atoms with E-state index < -0.39 is 23.9 Å². The Morgan fingerprint density at radius 2 is 2.12 bits per heavy atom. The maximum Gasteiger partial charge on any atom is 0.282 e. The second-order valence-electron chi connectivity index (χ2n) is 10.4. The number of aryl methyl sites for hydroxylation is 1. The highest BCUT2D eigenvalue weighted by atomic mass is 19.1. The molecule has 0 saturated carbocycles. The summed E-state index contributed by atoms with van der Waals surface area (Å²) in [5, 5.41) is 20.6. The van der Waals surface area contributed by atoms with Crippen LogP contribution in [0.4, 0.5) is 16.2 Å². The van der Waals surface area contributed by atoms with Crippen molar-refractivity contribution >= 4 is 34.5 Å². The zero-order valence-electron chi connectivity index (χ0n) is 23.7. The fourth-order valence-corrected chi connectivity index (χ4v) is 5.22. The molecule has 1 saturated heterocycles.